The Morgan fingerprint density at radius 3 is 3.00 bits per heavy atom. The van der Waals surface area contributed by atoms with Crippen molar-refractivity contribution in [2.75, 3.05) is 24.5 Å². The first-order chi connectivity index (χ1) is 12.9. The molecule has 2 bridgehead atoms. The number of aliphatic imine (C=N–C) groups is 1. The maximum atomic E-state index is 4.80. The summed E-state index contributed by atoms with van der Waals surface area (Å²) < 4.78 is 0. The van der Waals surface area contributed by atoms with Crippen molar-refractivity contribution in [2.24, 2.45) is 4.99 Å². The van der Waals surface area contributed by atoms with Crippen molar-refractivity contribution in [3.63, 3.8) is 0 Å². The zero-order chi connectivity index (χ0) is 17.3. The van der Waals surface area contributed by atoms with E-state index in [0.717, 1.165) is 43.8 Å². The zero-order valence-electron chi connectivity index (χ0n) is 14.9. The third kappa shape index (κ3) is 2.95. The standard InChI is InChI=1S/C22H24N4/c1-4-16(11-20(7-1)26-15-19-12-21(26)14-25-19)10-17-5-3-9-24-22(17)18-6-2-8-23-13-18/h1-2,4,6-8,10-11,13,19,21,25H,3,5,9,12,14-15H2/b17-10+/t19-,21-/m1/s1. The summed E-state index contributed by atoms with van der Waals surface area (Å²) in [4.78, 5) is 11.6. The molecule has 3 aliphatic rings. The third-order valence-corrected chi connectivity index (χ3v) is 5.71. The number of piperazine rings is 1. The number of hydrogen-bond acceptors (Lipinski definition) is 4. The Balaban J connectivity index is 1.45. The van der Waals surface area contributed by atoms with Gasteiger partial charge in [0.05, 0.1) is 5.71 Å². The fraction of sp³-hybridized carbons (Fsp3) is 0.364. The highest BCUT2D eigenvalue weighted by Crippen LogP contribution is 2.30. The van der Waals surface area contributed by atoms with Gasteiger partial charge in [0, 0.05) is 55.4 Å². The maximum Gasteiger partial charge on any atom is 0.0694 e. The van der Waals surface area contributed by atoms with Gasteiger partial charge in [0.25, 0.3) is 0 Å². The highest BCUT2D eigenvalue weighted by atomic mass is 15.3. The van der Waals surface area contributed by atoms with Gasteiger partial charge in [-0.1, -0.05) is 12.1 Å². The minimum Gasteiger partial charge on any atom is -0.366 e. The molecule has 132 valence electrons. The Labute approximate surface area is 154 Å². The van der Waals surface area contributed by atoms with Crippen LogP contribution in [0.3, 0.4) is 0 Å². The molecule has 0 aliphatic carbocycles. The normalized spacial score (nSPS) is 26.4. The molecule has 2 aromatic rings. The van der Waals surface area contributed by atoms with Gasteiger partial charge < -0.3 is 10.2 Å². The second-order valence-electron chi connectivity index (χ2n) is 7.49. The van der Waals surface area contributed by atoms with E-state index in [-0.39, 0.29) is 0 Å². The molecule has 0 spiro atoms. The number of nitrogens with zero attached hydrogens (tertiary/aromatic N) is 3. The molecule has 3 aliphatic heterocycles. The molecule has 2 saturated heterocycles. The lowest BCUT2D eigenvalue weighted by Crippen LogP contribution is -2.43. The van der Waals surface area contributed by atoms with Gasteiger partial charge >= 0.3 is 0 Å². The van der Waals surface area contributed by atoms with Crippen LogP contribution in [-0.4, -0.2) is 42.4 Å². The molecule has 4 heterocycles. The average molecular weight is 344 g/mol. The lowest BCUT2D eigenvalue weighted by atomic mass is 9.95. The van der Waals surface area contributed by atoms with Crippen LogP contribution in [0, 0.1) is 0 Å². The van der Waals surface area contributed by atoms with E-state index in [2.05, 4.69) is 51.6 Å². The van der Waals surface area contributed by atoms with Crippen LogP contribution in [0.1, 0.15) is 30.4 Å². The largest absolute Gasteiger partial charge is 0.366 e. The van der Waals surface area contributed by atoms with Crippen LogP contribution in [-0.2, 0) is 0 Å². The summed E-state index contributed by atoms with van der Waals surface area (Å²) in [5.41, 5.74) is 6.18. The zero-order valence-corrected chi connectivity index (χ0v) is 14.9. The molecule has 4 heteroatoms. The molecule has 0 amide bonds. The van der Waals surface area contributed by atoms with E-state index in [1.54, 1.807) is 0 Å². The Morgan fingerprint density at radius 2 is 2.19 bits per heavy atom. The summed E-state index contributed by atoms with van der Waals surface area (Å²) in [5, 5.41) is 3.58. The second kappa shape index (κ2) is 6.69. The van der Waals surface area contributed by atoms with Crippen LogP contribution in [0.4, 0.5) is 5.69 Å². The van der Waals surface area contributed by atoms with E-state index in [4.69, 9.17) is 4.99 Å². The highest BCUT2D eigenvalue weighted by molar-refractivity contribution is 6.15. The van der Waals surface area contributed by atoms with Crippen molar-refractivity contribution < 1.29 is 0 Å². The minimum atomic E-state index is 0.658. The minimum absolute atomic E-state index is 0.658. The van der Waals surface area contributed by atoms with E-state index < -0.39 is 0 Å². The molecule has 1 aromatic carbocycles. The lowest BCUT2D eigenvalue weighted by Gasteiger charge is -2.29. The molecule has 0 unspecified atom stereocenters. The van der Waals surface area contributed by atoms with Crippen LogP contribution < -0.4 is 10.2 Å². The number of anilines is 1. The predicted octanol–water partition coefficient (Wildman–Crippen LogP) is 3.30. The summed E-state index contributed by atoms with van der Waals surface area (Å²) in [7, 11) is 0. The topological polar surface area (TPSA) is 40.5 Å². The Bertz CT molecular complexity index is 855. The van der Waals surface area contributed by atoms with Crippen molar-refractivity contribution in [2.45, 2.75) is 31.3 Å². The number of rotatable bonds is 3. The van der Waals surface area contributed by atoms with Gasteiger partial charge in [-0.25, -0.2) is 0 Å². The van der Waals surface area contributed by atoms with Gasteiger partial charge in [0.15, 0.2) is 0 Å². The van der Waals surface area contributed by atoms with Gasteiger partial charge in [-0.3, -0.25) is 9.98 Å². The number of nitrogens with one attached hydrogen (secondary N) is 1. The van der Waals surface area contributed by atoms with E-state index in [9.17, 15) is 0 Å². The molecule has 1 N–H and O–H groups in total. The average Bonchev–Trinajstić information content (AvgIpc) is 3.33. The Hall–Kier alpha value is -2.46. The van der Waals surface area contributed by atoms with E-state index in [1.165, 1.54) is 23.2 Å². The number of aromatic nitrogens is 1. The third-order valence-electron chi connectivity index (χ3n) is 5.71. The summed E-state index contributed by atoms with van der Waals surface area (Å²) in [6, 6.07) is 14.4. The van der Waals surface area contributed by atoms with E-state index in [1.807, 2.05) is 18.5 Å². The van der Waals surface area contributed by atoms with Crippen LogP contribution in [0.15, 0.2) is 59.4 Å². The number of allylic oxidation sites excluding steroid dienone is 1. The van der Waals surface area contributed by atoms with Gasteiger partial charge in [-0.05, 0) is 60.7 Å². The van der Waals surface area contributed by atoms with E-state index >= 15 is 0 Å². The molecule has 5 rings (SSSR count). The molecule has 0 radical (unpaired) electrons. The summed E-state index contributed by atoms with van der Waals surface area (Å²) >= 11 is 0. The summed E-state index contributed by atoms with van der Waals surface area (Å²) in [5.74, 6) is 0. The molecule has 4 nitrogen and oxygen atoms in total. The summed E-state index contributed by atoms with van der Waals surface area (Å²) in [6.45, 7) is 3.16. The Morgan fingerprint density at radius 1 is 1.19 bits per heavy atom. The molecule has 2 fully saturated rings. The number of hydrogen-bond donors (Lipinski definition) is 1. The smallest absolute Gasteiger partial charge is 0.0694 e. The quantitative estimate of drug-likeness (QED) is 0.929. The molecule has 2 atom stereocenters. The van der Waals surface area contributed by atoms with Crippen LogP contribution >= 0.6 is 0 Å². The van der Waals surface area contributed by atoms with Crippen molar-refractivity contribution in [3.8, 4) is 0 Å². The van der Waals surface area contributed by atoms with E-state index in [0.29, 0.717) is 12.1 Å². The number of fused-ring (bicyclic) bond motifs is 2. The first-order valence-electron chi connectivity index (χ1n) is 9.63. The monoisotopic (exact) mass is 344 g/mol. The molecule has 0 saturated carbocycles. The van der Waals surface area contributed by atoms with Crippen molar-refractivity contribution >= 4 is 17.5 Å². The van der Waals surface area contributed by atoms with Crippen LogP contribution in [0.25, 0.3) is 6.08 Å². The second-order valence-corrected chi connectivity index (χ2v) is 7.49. The fourth-order valence-corrected chi connectivity index (χ4v) is 4.47. The van der Waals surface area contributed by atoms with Crippen LogP contribution in [0.5, 0.6) is 0 Å². The fourth-order valence-electron chi connectivity index (χ4n) is 4.47. The van der Waals surface area contributed by atoms with Crippen molar-refractivity contribution in [1.82, 2.24) is 10.3 Å². The van der Waals surface area contributed by atoms with Crippen LogP contribution in [0.2, 0.25) is 0 Å². The predicted molar refractivity (Wildman–Crippen MR) is 107 cm³/mol. The van der Waals surface area contributed by atoms with Gasteiger partial charge in [0.1, 0.15) is 0 Å². The molecule has 26 heavy (non-hydrogen) atoms. The van der Waals surface area contributed by atoms with Crippen molar-refractivity contribution in [1.29, 1.82) is 0 Å². The first kappa shape index (κ1) is 15.8. The molecule has 1 aromatic heterocycles. The van der Waals surface area contributed by atoms with Gasteiger partial charge in [-0.2, -0.15) is 0 Å². The molecular formula is C22H24N4. The first-order valence-corrected chi connectivity index (χ1v) is 9.63. The van der Waals surface area contributed by atoms with Crippen molar-refractivity contribution in [3.05, 3.63) is 65.5 Å². The highest BCUT2D eigenvalue weighted by Gasteiger charge is 2.37. The SMILES string of the molecule is C(=C1/CCCN=C1c1cccnc1)/c1cccc(N2C[C@H]3C[C@@H]2CN3)c1. The number of pyridine rings is 1. The number of benzene rings is 1. The molecular weight excluding hydrogens is 320 g/mol. The van der Waals surface area contributed by atoms with Gasteiger partial charge in [-0.15, -0.1) is 0 Å². The summed E-state index contributed by atoms with van der Waals surface area (Å²) in [6.07, 6.45) is 9.54. The Kier molecular flexibility index (Phi) is 4.06. The lowest BCUT2D eigenvalue weighted by molar-refractivity contribution is 0.580. The maximum absolute atomic E-state index is 4.80. The van der Waals surface area contributed by atoms with Gasteiger partial charge in [0.2, 0.25) is 0 Å².